The van der Waals surface area contributed by atoms with E-state index in [2.05, 4.69) is 28.3 Å². The highest BCUT2D eigenvalue weighted by atomic mass is 16.5. The van der Waals surface area contributed by atoms with Gasteiger partial charge in [0.25, 0.3) is 0 Å². The van der Waals surface area contributed by atoms with Crippen molar-refractivity contribution in [3.63, 3.8) is 0 Å². The summed E-state index contributed by atoms with van der Waals surface area (Å²) in [5.74, 6) is 2.02. The van der Waals surface area contributed by atoms with E-state index in [1.54, 1.807) is 7.11 Å². The number of rotatable bonds is 8. The Kier molecular flexibility index (Phi) is 6.73. The van der Waals surface area contributed by atoms with Gasteiger partial charge in [-0.1, -0.05) is 38.0 Å². The summed E-state index contributed by atoms with van der Waals surface area (Å²) in [4.78, 5) is 9.03. The van der Waals surface area contributed by atoms with Crippen molar-refractivity contribution in [3.8, 4) is 5.75 Å². The molecule has 1 fully saturated rings. The molecule has 0 saturated carbocycles. The quantitative estimate of drug-likeness (QED) is 0.712. The maximum Gasteiger partial charge on any atom is 0.222 e. The molecular formula is C22H32N4O2. The number of hydrogen-bond donors (Lipinski definition) is 2. The highest BCUT2D eigenvalue weighted by Crippen LogP contribution is 2.34. The molecule has 1 aromatic carbocycles. The summed E-state index contributed by atoms with van der Waals surface area (Å²) in [6.07, 6.45) is 6.09. The largest absolute Gasteiger partial charge is 0.496 e. The first-order valence-corrected chi connectivity index (χ1v) is 10.2. The summed E-state index contributed by atoms with van der Waals surface area (Å²) in [6.45, 7) is 5.78. The molecule has 1 saturated heterocycles. The van der Waals surface area contributed by atoms with E-state index in [0.717, 1.165) is 60.9 Å². The second kappa shape index (κ2) is 9.24. The van der Waals surface area contributed by atoms with E-state index in [0.29, 0.717) is 12.4 Å². The summed E-state index contributed by atoms with van der Waals surface area (Å²) in [5, 5.41) is 3.79. The van der Waals surface area contributed by atoms with Crippen molar-refractivity contribution < 1.29 is 9.47 Å². The molecule has 0 aliphatic carbocycles. The highest BCUT2D eigenvalue weighted by Gasteiger charge is 2.33. The molecule has 0 atom stereocenters. The molecule has 0 spiro atoms. The number of para-hydroxylation sites is 1. The number of methoxy groups -OCH3 is 1. The van der Waals surface area contributed by atoms with Crippen LogP contribution in [0.2, 0.25) is 0 Å². The van der Waals surface area contributed by atoms with Crippen LogP contribution in [0.3, 0.4) is 0 Å². The molecule has 2 aromatic rings. The molecule has 28 heavy (non-hydrogen) atoms. The summed E-state index contributed by atoms with van der Waals surface area (Å²) in [6, 6.07) is 8.08. The number of nitrogens with zero attached hydrogens (tertiary/aromatic N) is 2. The Hall–Kier alpha value is -2.34. The third-order valence-electron chi connectivity index (χ3n) is 5.63. The molecule has 0 amide bonds. The van der Waals surface area contributed by atoms with E-state index in [1.807, 2.05) is 25.1 Å². The molecule has 152 valence electrons. The molecule has 6 nitrogen and oxygen atoms in total. The van der Waals surface area contributed by atoms with Crippen LogP contribution in [0.5, 0.6) is 5.75 Å². The first kappa shape index (κ1) is 20.4. The van der Waals surface area contributed by atoms with E-state index in [9.17, 15) is 0 Å². The van der Waals surface area contributed by atoms with Gasteiger partial charge in [0.15, 0.2) is 0 Å². The van der Waals surface area contributed by atoms with E-state index in [1.165, 1.54) is 12.8 Å². The Morgan fingerprint density at radius 1 is 1.21 bits per heavy atom. The monoisotopic (exact) mass is 384 g/mol. The molecule has 0 unspecified atom stereocenters. The molecule has 3 rings (SSSR count). The van der Waals surface area contributed by atoms with Crippen molar-refractivity contribution in [2.75, 3.05) is 31.4 Å². The summed E-state index contributed by atoms with van der Waals surface area (Å²) >= 11 is 0. The third kappa shape index (κ3) is 4.73. The number of anilines is 2. The van der Waals surface area contributed by atoms with Crippen LogP contribution in [0.4, 0.5) is 11.8 Å². The van der Waals surface area contributed by atoms with Crippen LogP contribution in [0, 0.1) is 6.92 Å². The Labute approximate surface area is 167 Å². The zero-order valence-corrected chi connectivity index (χ0v) is 17.3. The van der Waals surface area contributed by atoms with Gasteiger partial charge in [-0.25, -0.2) is 4.98 Å². The van der Waals surface area contributed by atoms with Gasteiger partial charge in [-0.2, -0.15) is 4.98 Å². The summed E-state index contributed by atoms with van der Waals surface area (Å²) in [7, 11) is 1.70. The van der Waals surface area contributed by atoms with Crippen LogP contribution < -0.4 is 15.8 Å². The van der Waals surface area contributed by atoms with Crippen molar-refractivity contribution >= 4 is 11.8 Å². The second-order valence-electron chi connectivity index (χ2n) is 7.60. The number of nitrogens with two attached hydrogens (primary N) is 1. The number of ether oxygens (including phenoxy) is 2. The SMILES string of the molecule is CCCCC1(Nc2nc(N)nc(C)c2Cc2ccccc2OC)CCOCC1. The fourth-order valence-corrected chi connectivity index (χ4v) is 3.94. The van der Waals surface area contributed by atoms with E-state index in [-0.39, 0.29) is 5.54 Å². The smallest absolute Gasteiger partial charge is 0.222 e. The zero-order valence-electron chi connectivity index (χ0n) is 17.3. The Balaban J connectivity index is 1.95. The summed E-state index contributed by atoms with van der Waals surface area (Å²) < 4.78 is 11.2. The number of benzene rings is 1. The van der Waals surface area contributed by atoms with Gasteiger partial charge in [-0.3, -0.25) is 0 Å². The number of aryl methyl sites for hydroxylation is 1. The van der Waals surface area contributed by atoms with Gasteiger partial charge >= 0.3 is 0 Å². The fraction of sp³-hybridized carbons (Fsp3) is 0.545. The van der Waals surface area contributed by atoms with Gasteiger partial charge in [0, 0.05) is 36.4 Å². The first-order valence-electron chi connectivity index (χ1n) is 10.2. The molecule has 1 aromatic heterocycles. The minimum Gasteiger partial charge on any atom is -0.496 e. The minimum atomic E-state index is -0.00296. The van der Waals surface area contributed by atoms with Crippen LogP contribution in [-0.4, -0.2) is 35.8 Å². The average molecular weight is 385 g/mol. The van der Waals surface area contributed by atoms with Gasteiger partial charge in [0.05, 0.1) is 7.11 Å². The fourth-order valence-electron chi connectivity index (χ4n) is 3.94. The lowest BCUT2D eigenvalue weighted by Crippen LogP contribution is -2.44. The predicted molar refractivity (Wildman–Crippen MR) is 113 cm³/mol. The Bertz CT molecular complexity index is 788. The normalized spacial score (nSPS) is 16.0. The van der Waals surface area contributed by atoms with Gasteiger partial charge in [-0.15, -0.1) is 0 Å². The second-order valence-corrected chi connectivity index (χ2v) is 7.60. The average Bonchev–Trinajstić information content (AvgIpc) is 2.70. The predicted octanol–water partition coefficient (Wildman–Crippen LogP) is 4.12. The van der Waals surface area contributed by atoms with E-state index in [4.69, 9.17) is 15.2 Å². The van der Waals surface area contributed by atoms with Crippen LogP contribution in [0.15, 0.2) is 24.3 Å². The van der Waals surface area contributed by atoms with Crippen LogP contribution in [0.25, 0.3) is 0 Å². The number of hydrogen-bond acceptors (Lipinski definition) is 6. The van der Waals surface area contributed by atoms with Crippen LogP contribution in [-0.2, 0) is 11.2 Å². The topological polar surface area (TPSA) is 82.3 Å². The Morgan fingerprint density at radius 3 is 2.68 bits per heavy atom. The van der Waals surface area contributed by atoms with E-state index >= 15 is 0 Å². The maximum atomic E-state index is 6.01. The zero-order chi connectivity index (χ0) is 20.0. The highest BCUT2D eigenvalue weighted by molar-refractivity contribution is 5.54. The number of unbranched alkanes of at least 4 members (excludes halogenated alkanes) is 1. The number of aromatic nitrogens is 2. The van der Waals surface area contributed by atoms with Crippen molar-refractivity contribution in [2.24, 2.45) is 0 Å². The first-order chi connectivity index (χ1) is 13.6. The lowest BCUT2D eigenvalue weighted by atomic mass is 9.84. The molecule has 2 heterocycles. The van der Waals surface area contributed by atoms with Crippen molar-refractivity contribution in [3.05, 3.63) is 41.1 Å². The number of nitrogens with one attached hydrogen (secondary N) is 1. The van der Waals surface area contributed by atoms with Gasteiger partial charge in [0.2, 0.25) is 5.95 Å². The molecule has 6 heteroatoms. The molecule has 0 radical (unpaired) electrons. The van der Waals surface area contributed by atoms with Crippen molar-refractivity contribution in [1.82, 2.24) is 9.97 Å². The van der Waals surface area contributed by atoms with Gasteiger partial charge in [0.1, 0.15) is 11.6 Å². The maximum absolute atomic E-state index is 6.01. The van der Waals surface area contributed by atoms with Crippen molar-refractivity contribution in [1.29, 1.82) is 0 Å². The Morgan fingerprint density at radius 2 is 1.96 bits per heavy atom. The lowest BCUT2D eigenvalue weighted by molar-refractivity contribution is 0.0566. The molecule has 3 N–H and O–H groups in total. The molecule has 0 bridgehead atoms. The van der Waals surface area contributed by atoms with E-state index < -0.39 is 0 Å². The number of nitrogen functional groups attached to an aromatic ring is 1. The lowest BCUT2D eigenvalue weighted by Gasteiger charge is -2.39. The van der Waals surface area contributed by atoms with Gasteiger partial charge < -0.3 is 20.5 Å². The summed E-state index contributed by atoms with van der Waals surface area (Å²) in [5.41, 5.74) is 9.09. The third-order valence-corrected chi connectivity index (χ3v) is 5.63. The minimum absolute atomic E-state index is 0.00296. The van der Waals surface area contributed by atoms with Crippen LogP contribution in [0.1, 0.15) is 55.8 Å². The van der Waals surface area contributed by atoms with Gasteiger partial charge in [-0.05, 0) is 37.8 Å². The molecular weight excluding hydrogens is 352 g/mol. The van der Waals surface area contributed by atoms with Crippen molar-refractivity contribution in [2.45, 2.75) is 57.9 Å². The standard InChI is InChI=1S/C22H32N4O2/c1-4-5-10-22(11-13-28-14-12-22)26-20-18(16(2)24-21(23)25-20)15-17-8-6-7-9-19(17)27-3/h6-9H,4-5,10-15H2,1-3H3,(H3,23,24,25,26). The molecule has 1 aliphatic heterocycles. The molecule has 1 aliphatic rings. The van der Waals surface area contributed by atoms with Crippen LogP contribution >= 0.6 is 0 Å².